The average molecular weight is 498 g/mol. The summed E-state index contributed by atoms with van der Waals surface area (Å²) in [5.41, 5.74) is 1.04. The van der Waals surface area contributed by atoms with Crippen molar-refractivity contribution in [2.75, 3.05) is 13.2 Å². The second-order valence-electron chi connectivity index (χ2n) is 8.60. The van der Waals surface area contributed by atoms with Gasteiger partial charge in [-0.2, -0.15) is 0 Å². The Balaban J connectivity index is 1.73. The predicted octanol–water partition coefficient (Wildman–Crippen LogP) is 5.85. The lowest BCUT2D eigenvalue weighted by Gasteiger charge is -2.26. The average Bonchev–Trinajstić information content (AvgIpc) is 3.51. The molecular formula is C30H27NO6. The van der Waals surface area contributed by atoms with E-state index >= 15 is 0 Å². The number of ketones is 1. The molecule has 7 nitrogen and oxygen atoms in total. The highest BCUT2D eigenvalue weighted by Gasteiger charge is 2.47. The molecule has 0 aliphatic carbocycles. The fourth-order valence-electron chi connectivity index (χ4n) is 4.80. The Bertz CT molecular complexity index is 1480. The third kappa shape index (κ3) is 4.44. The molecule has 1 fully saturated rings. The largest absolute Gasteiger partial charge is 0.507 e. The van der Waals surface area contributed by atoms with Crippen molar-refractivity contribution in [3.8, 4) is 11.5 Å². The van der Waals surface area contributed by atoms with Gasteiger partial charge < -0.3 is 23.9 Å². The molecule has 4 aromatic rings. The molecule has 1 atom stereocenters. The molecule has 1 amide bonds. The molecule has 1 aromatic heterocycles. The van der Waals surface area contributed by atoms with Crippen LogP contribution in [-0.2, 0) is 16.1 Å². The van der Waals surface area contributed by atoms with E-state index in [1.807, 2.05) is 56.3 Å². The van der Waals surface area contributed by atoms with Crippen molar-refractivity contribution in [1.29, 1.82) is 0 Å². The Morgan fingerprint density at radius 3 is 2.49 bits per heavy atom. The number of fused-ring (bicyclic) bond motifs is 1. The first-order chi connectivity index (χ1) is 18.0. The van der Waals surface area contributed by atoms with Crippen LogP contribution in [0, 0.1) is 0 Å². The van der Waals surface area contributed by atoms with Crippen molar-refractivity contribution < 1.29 is 28.6 Å². The van der Waals surface area contributed by atoms with Gasteiger partial charge in [-0.05, 0) is 54.4 Å². The van der Waals surface area contributed by atoms with E-state index in [4.69, 9.17) is 13.9 Å². The van der Waals surface area contributed by atoms with Crippen LogP contribution in [0.15, 0.2) is 89.0 Å². The zero-order valence-electron chi connectivity index (χ0n) is 20.6. The number of aliphatic hydroxyl groups is 1. The normalized spacial score (nSPS) is 16.9. The minimum absolute atomic E-state index is 0.00183. The van der Waals surface area contributed by atoms with Crippen LogP contribution in [0.1, 0.15) is 36.8 Å². The second kappa shape index (κ2) is 10.2. The first-order valence-corrected chi connectivity index (χ1v) is 12.2. The van der Waals surface area contributed by atoms with Crippen LogP contribution in [0.25, 0.3) is 16.5 Å². The second-order valence-corrected chi connectivity index (χ2v) is 8.60. The van der Waals surface area contributed by atoms with Crippen LogP contribution in [0.4, 0.5) is 0 Å². The number of carbonyl (C=O) groups is 2. The maximum atomic E-state index is 13.5. The van der Waals surface area contributed by atoms with Crippen LogP contribution in [-0.4, -0.2) is 34.9 Å². The standard InChI is InChI=1S/C30H27NO6/c1-3-35-20-14-15-24(25(17-20)36-4-2)28(32)26-27(23-13-7-10-19-9-5-6-12-22(19)23)31(30(34)29(26)33)18-21-11-8-16-37-21/h5-17,27,32H,3-4,18H2,1-2H3/b28-26+. The Morgan fingerprint density at radius 2 is 1.73 bits per heavy atom. The maximum absolute atomic E-state index is 13.5. The van der Waals surface area contributed by atoms with Crippen molar-refractivity contribution in [3.05, 3.63) is 102 Å². The number of hydrogen-bond donors (Lipinski definition) is 1. The zero-order chi connectivity index (χ0) is 25.9. The number of aliphatic hydroxyl groups excluding tert-OH is 1. The number of Topliss-reactive ketones (excluding diaryl/α,β-unsaturated/α-hetero) is 1. The molecule has 1 unspecified atom stereocenters. The molecule has 7 heteroatoms. The van der Waals surface area contributed by atoms with Crippen molar-refractivity contribution in [1.82, 2.24) is 4.90 Å². The SMILES string of the molecule is CCOc1ccc(/C(O)=C2\C(=O)C(=O)N(Cc3ccco3)C2c2cccc3ccccc23)c(OCC)c1. The van der Waals surface area contributed by atoms with Gasteiger partial charge in [0.25, 0.3) is 11.7 Å². The van der Waals surface area contributed by atoms with Gasteiger partial charge in [0.15, 0.2) is 0 Å². The third-order valence-electron chi connectivity index (χ3n) is 6.38. The minimum atomic E-state index is -0.836. The Kier molecular flexibility index (Phi) is 6.68. The molecule has 2 heterocycles. The summed E-state index contributed by atoms with van der Waals surface area (Å²) in [6, 6.07) is 21.1. The maximum Gasteiger partial charge on any atom is 0.296 e. The van der Waals surface area contributed by atoms with Gasteiger partial charge in [-0.25, -0.2) is 0 Å². The van der Waals surface area contributed by atoms with E-state index in [9.17, 15) is 14.7 Å². The first-order valence-electron chi connectivity index (χ1n) is 12.2. The summed E-state index contributed by atoms with van der Waals surface area (Å²) < 4.78 is 16.9. The fraction of sp³-hybridized carbons (Fsp3) is 0.200. The molecule has 0 bridgehead atoms. The van der Waals surface area contributed by atoms with Crippen LogP contribution < -0.4 is 9.47 Å². The highest BCUT2D eigenvalue weighted by atomic mass is 16.5. The molecular weight excluding hydrogens is 470 g/mol. The summed E-state index contributed by atoms with van der Waals surface area (Å²) in [6.07, 6.45) is 1.52. The van der Waals surface area contributed by atoms with Crippen LogP contribution in [0.2, 0.25) is 0 Å². The van der Waals surface area contributed by atoms with Crippen LogP contribution in [0.5, 0.6) is 11.5 Å². The summed E-state index contributed by atoms with van der Waals surface area (Å²) >= 11 is 0. The number of benzene rings is 3. The van der Waals surface area contributed by atoms with Gasteiger partial charge in [-0.15, -0.1) is 0 Å². The van der Waals surface area contributed by atoms with Gasteiger partial charge in [0.2, 0.25) is 0 Å². The lowest BCUT2D eigenvalue weighted by atomic mass is 9.91. The quantitative estimate of drug-likeness (QED) is 0.187. The van der Waals surface area contributed by atoms with Gasteiger partial charge in [0, 0.05) is 6.07 Å². The highest BCUT2D eigenvalue weighted by molar-refractivity contribution is 6.46. The van der Waals surface area contributed by atoms with E-state index < -0.39 is 17.7 Å². The molecule has 1 aliphatic heterocycles. The Hall–Kier alpha value is -4.52. The fourth-order valence-corrected chi connectivity index (χ4v) is 4.80. The topological polar surface area (TPSA) is 89.2 Å². The van der Waals surface area contributed by atoms with Gasteiger partial charge >= 0.3 is 0 Å². The number of amides is 1. The monoisotopic (exact) mass is 497 g/mol. The number of ether oxygens (including phenoxy) is 2. The van der Waals surface area contributed by atoms with E-state index in [0.29, 0.717) is 36.0 Å². The van der Waals surface area contributed by atoms with Gasteiger partial charge in [0.05, 0.1) is 43.2 Å². The number of hydrogen-bond acceptors (Lipinski definition) is 6. The smallest absolute Gasteiger partial charge is 0.296 e. The van der Waals surface area contributed by atoms with Crippen LogP contribution in [0.3, 0.4) is 0 Å². The summed E-state index contributed by atoms with van der Waals surface area (Å²) in [5, 5.41) is 13.5. The Morgan fingerprint density at radius 1 is 0.946 bits per heavy atom. The zero-order valence-corrected chi connectivity index (χ0v) is 20.6. The van der Waals surface area contributed by atoms with Gasteiger partial charge in [-0.1, -0.05) is 42.5 Å². The molecule has 3 aromatic carbocycles. The van der Waals surface area contributed by atoms with E-state index in [-0.39, 0.29) is 17.9 Å². The lowest BCUT2D eigenvalue weighted by Crippen LogP contribution is -2.29. The summed E-state index contributed by atoms with van der Waals surface area (Å²) in [7, 11) is 0. The number of rotatable bonds is 8. The first kappa shape index (κ1) is 24.2. The van der Waals surface area contributed by atoms with Crippen molar-refractivity contribution in [2.45, 2.75) is 26.4 Å². The number of carbonyl (C=O) groups excluding carboxylic acids is 2. The van der Waals surface area contributed by atoms with E-state index in [2.05, 4.69) is 0 Å². The summed E-state index contributed by atoms with van der Waals surface area (Å²) in [4.78, 5) is 28.3. The minimum Gasteiger partial charge on any atom is -0.507 e. The Labute approximate surface area is 214 Å². The molecule has 0 radical (unpaired) electrons. The highest BCUT2D eigenvalue weighted by Crippen LogP contribution is 2.44. The van der Waals surface area contributed by atoms with Crippen molar-refractivity contribution >= 4 is 28.2 Å². The number of likely N-dealkylation sites (tertiary alicyclic amines) is 1. The lowest BCUT2D eigenvalue weighted by molar-refractivity contribution is -0.140. The van der Waals surface area contributed by atoms with E-state index in [1.54, 1.807) is 30.3 Å². The summed E-state index contributed by atoms with van der Waals surface area (Å²) in [5.74, 6) is -0.308. The van der Waals surface area contributed by atoms with Gasteiger partial charge in [-0.3, -0.25) is 9.59 Å². The van der Waals surface area contributed by atoms with E-state index in [0.717, 1.165) is 16.3 Å². The number of nitrogens with zero attached hydrogens (tertiary/aromatic N) is 1. The van der Waals surface area contributed by atoms with Crippen molar-refractivity contribution in [2.24, 2.45) is 0 Å². The molecule has 1 N–H and O–H groups in total. The van der Waals surface area contributed by atoms with E-state index in [1.165, 1.54) is 11.2 Å². The van der Waals surface area contributed by atoms with Gasteiger partial charge in [0.1, 0.15) is 23.0 Å². The van der Waals surface area contributed by atoms with Crippen LogP contribution >= 0.6 is 0 Å². The summed E-state index contributed by atoms with van der Waals surface area (Å²) in [6.45, 7) is 4.59. The molecule has 1 aliphatic rings. The molecule has 0 saturated carbocycles. The van der Waals surface area contributed by atoms with Crippen molar-refractivity contribution in [3.63, 3.8) is 0 Å². The molecule has 188 valence electrons. The molecule has 1 saturated heterocycles. The third-order valence-corrected chi connectivity index (χ3v) is 6.38. The predicted molar refractivity (Wildman–Crippen MR) is 139 cm³/mol. The number of furan rings is 1. The molecule has 0 spiro atoms. The molecule has 5 rings (SSSR count). The molecule has 37 heavy (non-hydrogen) atoms.